The van der Waals surface area contributed by atoms with Crippen molar-refractivity contribution < 1.29 is 9.69 Å². The SMILES string of the molecule is C[NH+]1CCN(NC(=O)C[C@H]2C[C@H]3CC[C@@H]2C3)CC1. The van der Waals surface area contributed by atoms with E-state index in [4.69, 9.17) is 0 Å². The summed E-state index contributed by atoms with van der Waals surface area (Å²) >= 11 is 0. The standard InChI is InChI=1S/C14H25N3O/c1-16-4-6-17(7-5-16)15-14(18)10-13-9-11-2-3-12(13)8-11/h11-13H,2-10H2,1H3,(H,15,18)/p+1/t11-,12+,13+/m0/s1. The molecule has 0 aromatic heterocycles. The molecule has 0 spiro atoms. The van der Waals surface area contributed by atoms with Crippen LogP contribution in [0.4, 0.5) is 0 Å². The van der Waals surface area contributed by atoms with E-state index in [1.807, 2.05) is 0 Å². The summed E-state index contributed by atoms with van der Waals surface area (Å²) < 4.78 is 0. The molecule has 3 atom stereocenters. The fourth-order valence-electron chi connectivity index (χ4n) is 4.09. The molecule has 3 aliphatic rings. The van der Waals surface area contributed by atoms with E-state index in [0.29, 0.717) is 5.92 Å². The molecule has 2 saturated carbocycles. The summed E-state index contributed by atoms with van der Waals surface area (Å²) in [6, 6.07) is 0. The van der Waals surface area contributed by atoms with Gasteiger partial charge in [-0.15, -0.1) is 0 Å². The van der Waals surface area contributed by atoms with Gasteiger partial charge in [0.2, 0.25) is 5.91 Å². The van der Waals surface area contributed by atoms with Gasteiger partial charge in [-0.3, -0.25) is 10.2 Å². The van der Waals surface area contributed by atoms with E-state index in [1.165, 1.54) is 25.7 Å². The topological polar surface area (TPSA) is 36.8 Å². The van der Waals surface area contributed by atoms with Crippen LogP contribution in [0.5, 0.6) is 0 Å². The van der Waals surface area contributed by atoms with Gasteiger partial charge >= 0.3 is 0 Å². The van der Waals surface area contributed by atoms with Crippen molar-refractivity contribution in [1.82, 2.24) is 10.4 Å². The number of piperazine rings is 1. The number of carbonyl (C=O) groups is 1. The first-order valence-corrected chi connectivity index (χ1v) is 7.56. The molecule has 0 radical (unpaired) electrons. The van der Waals surface area contributed by atoms with Gasteiger partial charge in [0, 0.05) is 6.42 Å². The number of amides is 1. The second-order valence-electron chi connectivity index (χ2n) is 6.62. The van der Waals surface area contributed by atoms with Gasteiger partial charge in [-0.2, -0.15) is 0 Å². The van der Waals surface area contributed by atoms with Crippen LogP contribution < -0.4 is 10.3 Å². The van der Waals surface area contributed by atoms with Gasteiger partial charge in [0.05, 0.1) is 33.2 Å². The highest BCUT2D eigenvalue weighted by molar-refractivity contribution is 5.75. The lowest BCUT2D eigenvalue weighted by Crippen LogP contribution is -3.12. The zero-order valence-corrected chi connectivity index (χ0v) is 11.5. The molecule has 2 N–H and O–H groups in total. The molecule has 0 aromatic carbocycles. The van der Waals surface area contributed by atoms with Crippen LogP contribution in [0.3, 0.4) is 0 Å². The molecule has 1 saturated heterocycles. The molecular formula is C14H26N3O+. The number of fused-ring (bicyclic) bond motifs is 2. The second kappa shape index (κ2) is 5.17. The molecule has 1 aliphatic heterocycles. The van der Waals surface area contributed by atoms with Crippen LogP contribution in [0.2, 0.25) is 0 Å². The Morgan fingerprint density at radius 1 is 1.28 bits per heavy atom. The third-order valence-electron chi connectivity index (χ3n) is 5.23. The minimum atomic E-state index is 0.257. The fraction of sp³-hybridized carbons (Fsp3) is 0.929. The van der Waals surface area contributed by atoms with Crippen LogP contribution in [-0.4, -0.2) is 44.1 Å². The Labute approximate surface area is 110 Å². The predicted molar refractivity (Wildman–Crippen MR) is 69.9 cm³/mol. The fourth-order valence-corrected chi connectivity index (χ4v) is 4.09. The Balaban J connectivity index is 1.42. The summed E-state index contributed by atoms with van der Waals surface area (Å²) in [6.45, 7) is 4.26. The van der Waals surface area contributed by atoms with Crippen molar-refractivity contribution in [3.05, 3.63) is 0 Å². The Bertz CT molecular complexity index is 312. The number of hydrogen-bond donors (Lipinski definition) is 2. The highest BCUT2D eigenvalue weighted by Gasteiger charge is 2.40. The lowest BCUT2D eigenvalue weighted by molar-refractivity contribution is -0.884. The quantitative estimate of drug-likeness (QED) is 0.722. The van der Waals surface area contributed by atoms with E-state index >= 15 is 0 Å². The number of nitrogens with one attached hydrogen (secondary N) is 2. The zero-order chi connectivity index (χ0) is 12.5. The Morgan fingerprint density at radius 2 is 2.06 bits per heavy atom. The van der Waals surface area contributed by atoms with E-state index in [9.17, 15) is 4.79 Å². The monoisotopic (exact) mass is 252 g/mol. The largest absolute Gasteiger partial charge is 0.335 e. The molecule has 1 amide bonds. The van der Waals surface area contributed by atoms with Crippen LogP contribution in [0.1, 0.15) is 32.1 Å². The normalized spacial score (nSPS) is 37.1. The summed E-state index contributed by atoms with van der Waals surface area (Å²) in [4.78, 5) is 13.6. The first-order chi connectivity index (χ1) is 8.70. The maximum Gasteiger partial charge on any atom is 0.234 e. The van der Waals surface area contributed by atoms with Crippen molar-refractivity contribution >= 4 is 5.91 Å². The highest BCUT2D eigenvalue weighted by Crippen LogP contribution is 2.49. The lowest BCUT2D eigenvalue weighted by atomic mass is 9.86. The Kier molecular flexibility index (Phi) is 3.57. The number of carbonyl (C=O) groups excluding carboxylic acids is 1. The molecule has 4 nitrogen and oxygen atoms in total. The maximum atomic E-state index is 12.1. The minimum absolute atomic E-state index is 0.257. The number of hydrazine groups is 1. The maximum absolute atomic E-state index is 12.1. The molecule has 2 bridgehead atoms. The summed E-state index contributed by atoms with van der Waals surface area (Å²) in [7, 11) is 2.22. The lowest BCUT2D eigenvalue weighted by Gasteiger charge is -2.31. The third-order valence-corrected chi connectivity index (χ3v) is 5.23. The van der Waals surface area contributed by atoms with Crippen molar-refractivity contribution in [1.29, 1.82) is 0 Å². The van der Waals surface area contributed by atoms with Gasteiger partial charge in [-0.25, -0.2) is 5.01 Å². The molecule has 18 heavy (non-hydrogen) atoms. The zero-order valence-electron chi connectivity index (χ0n) is 11.5. The first-order valence-electron chi connectivity index (χ1n) is 7.56. The van der Waals surface area contributed by atoms with Gasteiger partial charge in [0.25, 0.3) is 0 Å². The second-order valence-corrected chi connectivity index (χ2v) is 6.62. The molecule has 2 aliphatic carbocycles. The third kappa shape index (κ3) is 2.69. The summed E-state index contributed by atoms with van der Waals surface area (Å²) in [6.07, 6.45) is 6.27. The van der Waals surface area contributed by atoms with Crippen LogP contribution in [-0.2, 0) is 4.79 Å². The van der Waals surface area contributed by atoms with Gasteiger partial charge in [-0.1, -0.05) is 6.42 Å². The van der Waals surface area contributed by atoms with Gasteiger partial charge < -0.3 is 4.90 Å². The number of likely N-dealkylation sites (N-methyl/N-ethyl adjacent to an activating group) is 1. The summed E-state index contributed by atoms with van der Waals surface area (Å²) in [5.74, 6) is 2.74. The number of rotatable bonds is 3. The van der Waals surface area contributed by atoms with E-state index < -0.39 is 0 Å². The number of quaternary nitrogens is 1. The van der Waals surface area contributed by atoms with E-state index in [0.717, 1.165) is 44.4 Å². The van der Waals surface area contributed by atoms with Crippen molar-refractivity contribution in [2.75, 3.05) is 33.2 Å². The van der Waals surface area contributed by atoms with Crippen molar-refractivity contribution in [2.45, 2.75) is 32.1 Å². The number of hydrogen-bond acceptors (Lipinski definition) is 2. The first kappa shape index (κ1) is 12.4. The minimum Gasteiger partial charge on any atom is -0.335 e. The Hall–Kier alpha value is -0.610. The van der Waals surface area contributed by atoms with Gasteiger partial charge in [0.1, 0.15) is 0 Å². The van der Waals surface area contributed by atoms with Crippen LogP contribution >= 0.6 is 0 Å². The molecular weight excluding hydrogens is 226 g/mol. The van der Waals surface area contributed by atoms with Crippen molar-refractivity contribution in [3.8, 4) is 0 Å². The molecule has 3 fully saturated rings. The van der Waals surface area contributed by atoms with Crippen LogP contribution in [0.15, 0.2) is 0 Å². The molecule has 0 aromatic rings. The van der Waals surface area contributed by atoms with E-state index in [2.05, 4.69) is 17.5 Å². The van der Waals surface area contributed by atoms with Gasteiger partial charge in [0.15, 0.2) is 0 Å². The molecule has 4 heteroatoms. The van der Waals surface area contributed by atoms with Crippen LogP contribution in [0.25, 0.3) is 0 Å². The van der Waals surface area contributed by atoms with Crippen molar-refractivity contribution in [2.24, 2.45) is 17.8 Å². The number of nitrogens with zero attached hydrogens (tertiary/aromatic N) is 1. The molecule has 0 unspecified atom stereocenters. The van der Waals surface area contributed by atoms with E-state index in [1.54, 1.807) is 4.90 Å². The smallest absolute Gasteiger partial charge is 0.234 e. The van der Waals surface area contributed by atoms with Crippen LogP contribution in [0, 0.1) is 17.8 Å². The highest BCUT2D eigenvalue weighted by atomic mass is 16.2. The molecule has 3 rings (SSSR count). The van der Waals surface area contributed by atoms with Gasteiger partial charge in [-0.05, 0) is 37.0 Å². The molecule has 102 valence electrons. The molecule has 1 heterocycles. The predicted octanol–water partition coefficient (Wildman–Crippen LogP) is -0.326. The average Bonchev–Trinajstić information content (AvgIpc) is 2.94. The Morgan fingerprint density at radius 3 is 2.67 bits per heavy atom. The average molecular weight is 252 g/mol. The summed E-state index contributed by atoms with van der Waals surface area (Å²) in [5, 5.41) is 2.11. The summed E-state index contributed by atoms with van der Waals surface area (Å²) in [5.41, 5.74) is 3.11. The van der Waals surface area contributed by atoms with E-state index in [-0.39, 0.29) is 5.91 Å². The van der Waals surface area contributed by atoms with Crippen molar-refractivity contribution in [3.63, 3.8) is 0 Å².